The first-order chi connectivity index (χ1) is 27.5. The van der Waals surface area contributed by atoms with Crippen LogP contribution >= 0.6 is 0 Å². The lowest BCUT2D eigenvalue weighted by Gasteiger charge is -2.22. The number of nitrogens with zero attached hydrogens (tertiary/aromatic N) is 4. The molecule has 11 rings (SSSR count). The Hall–Kier alpha value is -6.91. The van der Waals surface area contributed by atoms with E-state index in [2.05, 4.69) is 152 Å². The summed E-state index contributed by atoms with van der Waals surface area (Å²) in [6.07, 6.45) is 0. The van der Waals surface area contributed by atoms with Crippen molar-refractivity contribution in [1.29, 1.82) is 0 Å². The van der Waals surface area contributed by atoms with Crippen LogP contribution in [-0.2, 0) is 5.41 Å². The van der Waals surface area contributed by atoms with E-state index in [-0.39, 0.29) is 5.41 Å². The zero-order valence-corrected chi connectivity index (χ0v) is 32.0. The molecular formula is C52H40N4. The molecule has 0 spiro atoms. The van der Waals surface area contributed by atoms with Crippen molar-refractivity contribution in [3.63, 3.8) is 0 Å². The van der Waals surface area contributed by atoms with Crippen LogP contribution in [0.25, 0.3) is 94.3 Å². The Morgan fingerprint density at radius 1 is 0.411 bits per heavy atom. The van der Waals surface area contributed by atoms with Crippen LogP contribution in [0.5, 0.6) is 0 Å². The highest BCUT2D eigenvalue weighted by molar-refractivity contribution is 6.15. The van der Waals surface area contributed by atoms with Gasteiger partial charge in [-0.25, -0.2) is 15.0 Å². The summed E-state index contributed by atoms with van der Waals surface area (Å²) in [6.45, 7) is 8.75. The molecule has 2 heterocycles. The van der Waals surface area contributed by atoms with E-state index < -0.39 is 0 Å². The average molecular weight is 721 g/mol. The van der Waals surface area contributed by atoms with Gasteiger partial charge in [0.2, 0.25) is 0 Å². The molecule has 8 aromatic carbocycles. The molecule has 268 valence electrons. The maximum atomic E-state index is 5.11. The van der Waals surface area contributed by atoms with Crippen LogP contribution in [0.15, 0.2) is 170 Å². The normalized spacial score (nSPS) is 12.8. The fourth-order valence-electron chi connectivity index (χ4n) is 8.83. The SMILES string of the molecule is CC.CC1(C)c2cc3c(cc2-c2c1ccc1ccccc21)c1ccccc1n3-c1ccc(-c2nc(-c3ccccc3)nc(-c3ccccc3)n2)c2ccccc12. The number of rotatable bonds is 4. The van der Waals surface area contributed by atoms with Gasteiger partial charge in [-0.2, -0.15) is 0 Å². The van der Waals surface area contributed by atoms with Gasteiger partial charge in [0, 0.05) is 38.3 Å². The van der Waals surface area contributed by atoms with Gasteiger partial charge < -0.3 is 4.57 Å². The number of hydrogen-bond acceptors (Lipinski definition) is 3. The lowest BCUT2D eigenvalue weighted by molar-refractivity contribution is 0.661. The van der Waals surface area contributed by atoms with Crippen LogP contribution in [0.4, 0.5) is 0 Å². The van der Waals surface area contributed by atoms with Gasteiger partial charge in [0.25, 0.3) is 0 Å². The Labute approximate surface area is 326 Å². The minimum absolute atomic E-state index is 0.151. The molecule has 10 aromatic rings. The second-order valence-electron chi connectivity index (χ2n) is 14.8. The molecule has 4 heteroatoms. The van der Waals surface area contributed by atoms with Crippen molar-refractivity contribution >= 4 is 43.4 Å². The molecular weight excluding hydrogens is 681 g/mol. The molecule has 0 fully saturated rings. The van der Waals surface area contributed by atoms with Gasteiger partial charge in [0.05, 0.1) is 16.7 Å². The zero-order valence-electron chi connectivity index (χ0n) is 32.0. The second-order valence-corrected chi connectivity index (χ2v) is 14.8. The van der Waals surface area contributed by atoms with Gasteiger partial charge in [-0.05, 0) is 68.7 Å². The maximum Gasteiger partial charge on any atom is 0.164 e. The van der Waals surface area contributed by atoms with Crippen LogP contribution in [-0.4, -0.2) is 19.5 Å². The number of para-hydroxylation sites is 1. The summed E-state index contributed by atoms with van der Waals surface area (Å²) in [6, 6.07) is 60.6. The van der Waals surface area contributed by atoms with Crippen LogP contribution in [0.1, 0.15) is 38.8 Å². The summed E-state index contributed by atoms with van der Waals surface area (Å²) in [7, 11) is 0. The van der Waals surface area contributed by atoms with E-state index in [9.17, 15) is 0 Å². The first kappa shape index (κ1) is 33.6. The molecule has 0 saturated heterocycles. The maximum absolute atomic E-state index is 5.11. The Morgan fingerprint density at radius 3 is 1.68 bits per heavy atom. The predicted molar refractivity (Wildman–Crippen MR) is 234 cm³/mol. The summed E-state index contributed by atoms with van der Waals surface area (Å²) >= 11 is 0. The van der Waals surface area contributed by atoms with Gasteiger partial charge in [-0.1, -0.05) is 167 Å². The highest BCUT2D eigenvalue weighted by atomic mass is 15.0. The average Bonchev–Trinajstić information content (AvgIpc) is 3.71. The molecule has 0 N–H and O–H groups in total. The van der Waals surface area contributed by atoms with E-state index in [1.54, 1.807) is 0 Å². The third kappa shape index (κ3) is 5.10. The molecule has 1 aliphatic carbocycles. The Bertz CT molecular complexity index is 3060. The molecule has 0 radical (unpaired) electrons. The first-order valence-corrected chi connectivity index (χ1v) is 19.5. The van der Waals surface area contributed by atoms with Crippen molar-refractivity contribution in [3.8, 4) is 51.0 Å². The molecule has 0 bridgehead atoms. The van der Waals surface area contributed by atoms with E-state index in [1.165, 1.54) is 54.8 Å². The Morgan fingerprint density at radius 2 is 0.982 bits per heavy atom. The van der Waals surface area contributed by atoms with Crippen LogP contribution in [0, 0.1) is 0 Å². The quantitative estimate of drug-likeness (QED) is 0.182. The smallest absolute Gasteiger partial charge is 0.164 e. The van der Waals surface area contributed by atoms with Crippen LogP contribution in [0.3, 0.4) is 0 Å². The minimum atomic E-state index is -0.151. The van der Waals surface area contributed by atoms with E-state index in [4.69, 9.17) is 15.0 Å². The number of fused-ring (bicyclic) bond motifs is 9. The molecule has 56 heavy (non-hydrogen) atoms. The molecule has 0 saturated carbocycles. The van der Waals surface area contributed by atoms with Crippen molar-refractivity contribution < 1.29 is 0 Å². The first-order valence-electron chi connectivity index (χ1n) is 19.5. The molecule has 0 atom stereocenters. The summed E-state index contributed by atoms with van der Waals surface area (Å²) in [4.78, 5) is 15.2. The van der Waals surface area contributed by atoms with Crippen molar-refractivity contribution in [1.82, 2.24) is 19.5 Å². The fraction of sp³-hybridized carbons (Fsp3) is 0.0962. The molecule has 2 aromatic heterocycles. The van der Waals surface area contributed by atoms with Crippen molar-refractivity contribution in [2.45, 2.75) is 33.1 Å². The molecule has 0 unspecified atom stereocenters. The lowest BCUT2D eigenvalue weighted by Crippen LogP contribution is -2.15. The molecule has 4 nitrogen and oxygen atoms in total. The predicted octanol–water partition coefficient (Wildman–Crippen LogP) is 13.6. The lowest BCUT2D eigenvalue weighted by atomic mass is 9.82. The summed E-state index contributed by atoms with van der Waals surface area (Å²) < 4.78 is 2.46. The monoisotopic (exact) mass is 720 g/mol. The van der Waals surface area contributed by atoms with E-state index in [1.807, 2.05) is 50.2 Å². The fourth-order valence-corrected chi connectivity index (χ4v) is 8.83. The van der Waals surface area contributed by atoms with Gasteiger partial charge in [-0.15, -0.1) is 0 Å². The van der Waals surface area contributed by atoms with E-state index in [0.717, 1.165) is 33.2 Å². The minimum Gasteiger partial charge on any atom is -0.309 e. The van der Waals surface area contributed by atoms with E-state index >= 15 is 0 Å². The van der Waals surface area contributed by atoms with Gasteiger partial charge >= 0.3 is 0 Å². The molecule has 0 amide bonds. The third-order valence-corrected chi connectivity index (χ3v) is 11.4. The number of aromatic nitrogens is 4. The van der Waals surface area contributed by atoms with Crippen molar-refractivity contribution in [2.75, 3.05) is 0 Å². The summed E-state index contributed by atoms with van der Waals surface area (Å²) in [5.74, 6) is 1.96. The Kier molecular flexibility index (Phi) is 7.89. The number of hydrogen-bond donors (Lipinski definition) is 0. The van der Waals surface area contributed by atoms with Crippen LogP contribution in [0.2, 0.25) is 0 Å². The van der Waals surface area contributed by atoms with Crippen molar-refractivity contribution in [3.05, 3.63) is 181 Å². The van der Waals surface area contributed by atoms with Gasteiger partial charge in [-0.3, -0.25) is 0 Å². The highest BCUT2D eigenvalue weighted by Gasteiger charge is 2.37. The van der Waals surface area contributed by atoms with Gasteiger partial charge in [0.15, 0.2) is 17.5 Å². The second kappa shape index (κ2) is 13.1. The Balaban J connectivity index is 0.00000189. The summed E-state index contributed by atoms with van der Waals surface area (Å²) in [5, 5.41) is 7.31. The van der Waals surface area contributed by atoms with E-state index in [0.29, 0.717) is 17.5 Å². The highest BCUT2D eigenvalue weighted by Crippen LogP contribution is 2.53. The topological polar surface area (TPSA) is 43.6 Å². The third-order valence-electron chi connectivity index (χ3n) is 11.4. The molecule has 0 aliphatic heterocycles. The van der Waals surface area contributed by atoms with Crippen molar-refractivity contribution in [2.24, 2.45) is 0 Å². The molecule has 1 aliphatic rings. The number of benzene rings is 8. The largest absolute Gasteiger partial charge is 0.309 e. The summed E-state index contributed by atoms with van der Waals surface area (Å²) in [5.41, 5.74) is 11.7. The standard InChI is InChI=1S/C50H34N4.C2H6/c1-50(2)41-27-25-31-15-9-10-20-34(31)46(41)40-29-39-37-23-13-14-24-43(37)54(45(39)30-42(40)50)44-28-26-38(35-21-11-12-22-36(35)44)49-52-47(32-16-5-3-6-17-32)51-48(53-49)33-18-7-4-8-19-33;1-2/h3-30H,1-2H3;1-2H3. The van der Waals surface area contributed by atoms with Crippen LogP contribution < -0.4 is 0 Å². The zero-order chi connectivity index (χ0) is 38.0. The van der Waals surface area contributed by atoms with Gasteiger partial charge in [0.1, 0.15) is 0 Å².